The van der Waals surface area contributed by atoms with Crippen molar-refractivity contribution in [3.63, 3.8) is 0 Å². The second kappa shape index (κ2) is 3.15. The van der Waals surface area contributed by atoms with E-state index in [1.165, 1.54) is 0 Å². The molecule has 3 heteroatoms. The fourth-order valence-electron chi connectivity index (χ4n) is 0.983. The van der Waals surface area contributed by atoms with Gasteiger partial charge in [0.15, 0.2) is 0 Å². The van der Waals surface area contributed by atoms with Crippen LogP contribution in [-0.4, -0.2) is 37.0 Å². The van der Waals surface area contributed by atoms with Crippen LogP contribution in [0.15, 0.2) is 0 Å². The molecule has 0 aromatic heterocycles. The monoisotopic (exact) mass is 131 g/mol. The maximum Gasteiger partial charge on any atom is 0.0956 e. The van der Waals surface area contributed by atoms with Crippen LogP contribution in [0.5, 0.6) is 0 Å². The van der Waals surface area contributed by atoms with Crippen LogP contribution in [0.3, 0.4) is 0 Å². The Morgan fingerprint density at radius 2 is 2.56 bits per heavy atom. The molecule has 0 aromatic rings. The first-order valence-electron chi connectivity index (χ1n) is 3.30. The largest absolute Gasteiger partial charge is 0.394 e. The average Bonchev–Trinajstić information content (AvgIpc) is 1.89. The summed E-state index contributed by atoms with van der Waals surface area (Å²) in [6.45, 7) is 3.75. The molecule has 1 rings (SSSR count). The Morgan fingerprint density at radius 3 is 3.00 bits per heavy atom. The van der Waals surface area contributed by atoms with Gasteiger partial charge < -0.3 is 15.2 Å². The van der Waals surface area contributed by atoms with Gasteiger partial charge in [-0.3, -0.25) is 0 Å². The van der Waals surface area contributed by atoms with Crippen molar-refractivity contribution in [2.24, 2.45) is 0 Å². The van der Waals surface area contributed by atoms with Crippen LogP contribution in [0.25, 0.3) is 0 Å². The van der Waals surface area contributed by atoms with Gasteiger partial charge in [-0.25, -0.2) is 0 Å². The van der Waals surface area contributed by atoms with E-state index in [2.05, 4.69) is 5.32 Å². The number of ether oxygens (including phenoxy) is 1. The maximum atomic E-state index is 8.70. The minimum Gasteiger partial charge on any atom is -0.394 e. The summed E-state index contributed by atoms with van der Waals surface area (Å²) >= 11 is 0. The standard InChI is InChI=1S/C6H13NO2/c1-5-6(4-8)9-3-2-7-5/h5-8H,2-4H2,1H3/t5-,6-/m1/s1. The first kappa shape index (κ1) is 6.99. The van der Waals surface area contributed by atoms with Crippen LogP contribution in [0, 0.1) is 0 Å². The van der Waals surface area contributed by atoms with Gasteiger partial charge in [-0.1, -0.05) is 0 Å². The zero-order chi connectivity index (χ0) is 6.69. The normalized spacial score (nSPS) is 36.7. The molecule has 0 aromatic carbocycles. The van der Waals surface area contributed by atoms with Gasteiger partial charge in [0.05, 0.1) is 19.3 Å². The predicted octanol–water partition coefficient (Wildman–Crippen LogP) is -0.644. The van der Waals surface area contributed by atoms with E-state index in [4.69, 9.17) is 9.84 Å². The van der Waals surface area contributed by atoms with Gasteiger partial charge in [0.25, 0.3) is 0 Å². The summed E-state index contributed by atoms with van der Waals surface area (Å²) in [5, 5.41) is 11.9. The molecule has 9 heavy (non-hydrogen) atoms. The van der Waals surface area contributed by atoms with E-state index in [9.17, 15) is 0 Å². The highest BCUT2D eigenvalue weighted by Gasteiger charge is 2.19. The molecule has 0 unspecified atom stereocenters. The van der Waals surface area contributed by atoms with Gasteiger partial charge in [0, 0.05) is 12.6 Å². The number of nitrogens with one attached hydrogen (secondary N) is 1. The van der Waals surface area contributed by atoms with Gasteiger partial charge >= 0.3 is 0 Å². The Morgan fingerprint density at radius 1 is 1.78 bits per heavy atom. The molecular weight excluding hydrogens is 118 g/mol. The molecule has 2 N–H and O–H groups in total. The van der Waals surface area contributed by atoms with Gasteiger partial charge in [-0.05, 0) is 6.92 Å². The van der Waals surface area contributed by atoms with Crippen LogP contribution >= 0.6 is 0 Å². The molecule has 0 amide bonds. The summed E-state index contributed by atoms with van der Waals surface area (Å²) in [7, 11) is 0. The second-order valence-corrected chi connectivity index (χ2v) is 2.33. The molecule has 1 aliphatic heterocycles. The van der Waals surface area contributed by atoms with Crippen LogP contribution in [0.4, 0.5) is 0 Å². The molecule has 0 radical (unpaired) electrons. The van der Waals surface area contributed by atoms with Crippen LogP contribution in [0.2, 0.25) is 0 Å². The van der Waals surface area contributed by atoms with Crippen molar-refractivity contribution in [1.29, 1.82) is 0 Å². The van der Waals surface area contributed by atoms with Crippen molar-refractivity contribution < 1.29 is 9.84 Å². The molecule has 54 valence electrons. The molecule has 1 saturated heterocycles. The van der Waals surface area contributed by atoms with Crippen molar-refractivity contribution in [2.45, 2.75) is 19.1 Å². The predicted molar refractivity (Wildman–Crippen MR) is 34.3 cm³/mol. The minimum absolute atomic E-state index is 0.00116. The van der Waals surface area contributed by atoms with E-state index in [-0.39, 0.29) is 12.7 Å². The number of aliphatic hydroxyl groups excluding tert-OH is 1. The summed E-state index contributed by atoms with van der Waals surface area (Å²) < 4.78 is 5.23. The number of morpholine rings is 1. The number of hydrogen-bond donors (Lipinski definition) is 2. The summed E-state index contributed by atoms with van der Waals surface area (Å²) in [6, 6.07) is 0.295. The summed E-state index contributed by atoms with van der Waals surface area (Å²) in [6.07, 6.45) is -0.00116. The van der Waals surface area contributed by atoms with Crippen LogP contribution in [0.1, 0.15) is 6.92 Å². The zero-order valence-corrected chi connectivity index (χ0v) is 5.63. The van der Waals surface area contributed by atoms with Crippen molar-refractivity contribution in [2.75, 3.05) is 19.8 Å². The lowest BCUT2D eigenvalue weighted by Crippen LogP contribution is -2.48. The van der Waals surface area contributed by atoms with Gasteiger partial charge in [0.1, 0.15) is 0 Å². The molecule has 1 heterocycles. The lowest BCUT2D eigenvalue weighted by molar-refractivity contribution is -0.0302. The summed E-state index contributed by atoms with van der Waals surface area (Å²) in [4.78, 5) is 0. The Labute approximate surface area is 55.0 Å². The topological polar surface area (TPSA) is 41.5 Å². The molecule has 0 spiro atoms. The fourth-order valence-corrected chi connectivity index (χ4v) is 0.983. The molecule has 0 saturated carbocycles. The average molecular weight is 131 g/mol. The quantitative estimate of drug-likeness (QED) is 0.497. The van der Waals surface area contributed by atoms with E-state index < -0.39 is 0 Å². The van der Waals surface area contributed by atoms with Crippen LogP contribution in [-0.2, 0) is 4.74 Å². The highest BCUT2D eigenvalue weighted by Crippen LogP contribution is 2.01. The Kier molecular flexibility index (Phi) is 2.45. The van der Waals surface area contributed by atoms with E-state index >= 15 is 0 Å². The van der Waals surface area contributed by atoms with Crippen molar-refractivity contribution in [3.05, 3.63) is 0 Å². The molecule has 0 bridgehead atoms. The Hall–Kier alpha value is -0.120. The first-order valence-corrected chi connectivity index (χ1v) is 3.30. The fraction of sp³-hybridized carbons (Fsp3) is 1.00. The molecule has 1 aliphatic rings. The minimum atomic E-state index is -0.00116. The van der Waals surface area contributed by atoms with Gasteiger partial charge in [-0.15, -0.1) is 0 Å². The molecule has 0 aliphatic carbocycles. The van der Waals surface area contributed by atoms with Gasteiger partial charge in [0.2, 0.25) is 0 Å². The second-order valence-electron chi connectivity index (χ2n) is 2.33. The number of hydrogen-bond acceptors (Lipinski definition) is 3. The zero-order valence-electron chi connectivity index (χ0n) is 5.63. The summed E-state index contributed by atoms with van der Waals surface area (Å²) in [5.41, 5.74) is 0. The van der Waals surface area contributed by atoms with Crippen LogP contribution < -0.4 is 5.32 Å². The van der Waals surface area contributed by atoms with E-state index in [0.29, 0.717) is 6.04 Å². The highest BCUT2D eigenvalue weighted by atomic mass is 16.5. The number of aliphatic hydroxyl groups is 1. The van der Waals surface area contributed by atoms with E-state index in [1.807, 2.05) is 6.92 Å². The van der Waals surface area contributed by atoms with Crippen molar-refractivity contribution >= 4 is 0 Å². The van der Waals surface area contributed by atoms with E-state index in [1.54, 1.807) is 0 Å². The van der Waals surface area contributed by atoms with Crippen molar-refractivity contribution in [3.8, 4) is 0 Å². The Balaban J connectivity index is 2.30. The molecular formula is C6H13NO2. The third-order valence-corrected chi connectivity index (χ3v) is 1.64. The maximum absolute atomic E-state index is 8.70. The first-order chi connectivity index (χ1) is 4.34. The Bertz CT molecular complexity index is 87.1. The highest BCUT2D eigenvalue weighted by molar-refractivity contribution is 4.75. The van der Waals surface area contributed by atoms with Crippen molar-refractivity contribution in [1.82, 2.24) is 5.32 Å². The summed E-state index contributed by atoms with van der Waals surface area (Å²) in [5.74, 6) is 0. The lowest BCUT2D eigenvalue weighted by atomic mass is 10.2. The third-order valence-electron chi connectivity index (χ3n) is 1.64. The van der Waals surface area contributed by atoms with Gasteiger partial charge in [-0.2, -0.15) is 0 Å². The molecule has 3 nitrogen and oxygen atoms in total. The molecule has 2 atom stereocenters. The SMILES string of the molecule is C[C@H]1NCCO[C@@H]1CO. The van der Waals surface area contributed by atoms with E-state index in [0.717, 1.165) is 13.2 Å². The lowest BCUT2D eigenvalue weighted by Gasteiger charge is -2.28. The molecule has 1 fully saturated rings. The third kappa shape index (κ3) is 1.64. The number of rotatable bonds is 1. The smallest absolute Gasteiger partial charge is 0.0956 e.